The molecule has 0 saturated heterocycles. The number of carbonyl (C=O) groups excluding carboxylic acids is 2. The molecule has 0 atom stereocenters. The highest BCUT2D eigenvalue weighted by molar-refractivity contribution is 6.00. The minimum Gasteiger partial charge on any atom is -0.497 e. The largest absolute Gasteiger partial charge is 0.497 e. The molecule has 6 nitrogen and oxygen atoms in total. The third-order valence-electron chi connectivity index (χ3n) is 3.44. The zero-order valence-corrected chi connectivity index (χ0v) is 13.7. The van der Waals surface area contributed by atoms with Crippen LogP contribution in [0.3, 0.4) is 0 Å². The maximum Gasteiger partial charge on any atom is 0.339 e. The molecule has 0 bridgehead atoms. The van der Waals surface area contributed by atoms with E-state index < -0.39 is 5.97 Å². The lowest BCUT2D eigenvalue weighted by atomic mass is 10.1. The molecule has 0 unspecified atom stereocenters. The van der Waals surface area contributed by atoms with E-state index in [1.165, 1.54) is 7.11 Å². The van der Waals surface area contributed by atoms with E-state index in [0.717, 1.165) is 11.3 Å². The predicted molar refractivity (Wildman–Crippen MR) is 91.5 cm³/mol. The van der Waals surface area contributed by atoms with E-state index in [2.05, 4.69) is 10.6 Å². The van der Waals surface area contributed by atoms with Crippen molar-refractivity contribution in [3.05, 3.63) is 59.7 Å². The number of ether oxygens (including phenoxy) is 2. The molecular weight excluding hydrogens is 308 g/mol. The molecule has 0 saturated carbocycles. The SMILES string of the molecule is COC(=O)c1ccccc1NC(=O)NCCc1ccc(OC)cc1. The Morgan fingerprint density at radius 1 is 1.00 bits per heavy atom. The number of anilines is 1. The highest BCUT2D eigenvalue weighted by Gasteiger charge is 2.12. The Balaban J connectivity index is 1.86. The van der Waals surface area contributed by atoms with Crippen LogP contribution in [-0.4, -0.2) is 32.8 Å². The van der Waals surface area contributed by atoms with Crippen molar-refractivity contribution in [1.29, 1.82) is 0 Å². The van der Waals surface area contributed by atoms with Crippen LogP contribution in [0.25, 0.3) is 0 Å². The van der Waals surface area contributed by atoms with Crippen LogP contribution in [0, 0.1) is 0 Å². The Morgan fingerprint density at radius 3 is 2.38 bits per heavy atom. The van der Waals surface area contributed by atoms with Gasteiger partial charge in [-0.25, -0.2) is 9.59 Å². The number of nitrogens with one attached hydrogen (secondary N) is 2. The van der Waals surface area contributed by atoms with E-state index in [1.54, 1.807) is 31.4 Å². The fourth-order valence-corrected chi connectivity index (χ4v) is 2.16. The standard InChI is InChI=1S/C18H20N2O4/c1-23-14-9-7-13(8-10-14)11-12-19-18(22)20-16-6-4-3-5-15(16)17(21)24-2/h3-10H,11-12H2,1-2H3,(H2,19,20,22). The van der Waals surface area contributed by atoms with Gasteiger partial charge in [0, 0.05) is 6.54 Å². The van der Waals surface area contributed by atoms with Crippen LogP contribution in [0.15, 0.2) is 48.5 Å². The van der Waals surface area contributed by atoms with E-state index in [1.807, 2.05) is 24.3 Å². The Kier molecular flexibility index (Phi) is 6.19. The number of methoxy groups -OCH3 is 2. The molecule has 2 N–H and O–H groups in total. The van der Waals surface area contributed by atoms with Crippen LogP contribution < -0.4 is 15.4 Å². The topological polar surface area (TPSA) is 76.7 Å². The van der Waals surface area contributed by atoms with E-state index in [-0.39, 0.29) is 6.03 Å². The minimum absolute atomic E-state index is 0.310. The zero-order chi connectivity index (χ0) is 17.4. The highest BCUT2D eigenvalue weighted by atomic mass is 16.5. The number of carbonyl (C=O) groups is 2. The van der Waals surface area contributed by atoms with Crippen molar-refractivity contribution in [2.24, 2.45) is 0 Å². The van der Waals surface area contributed by atoms with Crippen LogP contribution in [0.1, 0.15) is 15.9 Å². The molecule has 0 radical (unpaired) electrons. The summed E-state index contributed by atoms with van der Waals surface area (Å²) in [4.78, 5) is 23.6. The van der Waals surface area contributed by atoms with Gasteiger partial charge in [0.15, 0.2) is 0 Å². The van der Waals surface area contributed by atoms with Gasteiger partial charge in [-0.1, -0.05) is 24.3 Å². The summed E-state index contributed by atoms with van der Waals surface area (Å²) in [5.74, 6) is 0.299. The zero-order valence-electron chi connectivity index (χ0n) is 13.7. The number of urea groups is 1. The molecule has 24 heavy (non-hydrogen) atoms. The Hall–Kier alpha value is -3.02. The van der Waals surface area contributed by atoms with Crippen LogP contribution in [0.2, 0.25) is 0 Å². The number of rotatable bonds is 6. The maximum atomic E-state index is 12.0. The number of hydrogen-bond acceptors (Lipinski definition) is 4. The first-order valence-corrected chi connectivity index (χ1v) is 7.49. The first-order chi connectivity index (χ1) is 11.6. The van der Waals surface area contributed by atoms with Gasteiger partial charge in [-0.2, -0.15) is 0 Å². The minimum atomic E-state index is -0.496. The molecule has 2 aromatic carbocycles. The predicted octanol–water partition coefficient (Wildman–Crippen LogP) is 2.85. The van der Waals surface area contributed by atoms with E-state index in [4.69, 9.17) is 9.47 Å². The van der Waals surface area contributed by atoms with Crippen LogP contribution in [0.4, 0.5) is 10.5 Å². The van der Waals surface area contributed by atoms with E-state index in [9.17, 15) is 9.59 Å². The molecule has 0 aromatic heterocycles. The van der Waals surface area contributed by atoms with Gasteiger partial charge >= 0.3 is 12.0 Å². The van der Waals surface area contributed by atoms with Crippen molar-refractivity contribution in [3.63, 3.8) is 0 Å². The number of hydrogen-bond donors (Lipinski definition) is 2. The Bertz CT molecular complexity index is 698. The van der Waals surface area contributed by atoms with Gasteiger partial charge in [0.2, 0.25) is 0 Å². The molecule has 0 aliphatic heterocycles. The fraction of sp³-hybridized carbons (Fsp3) is 0.222. The number of para-hydroxylation sites is 1. The quantitative estimate of drug-likeness (QED) is 0.800. The lowest BCUT2D eigenvalue weighted by Crippen LogP contribution is -2.31. The van der Waals surface area contributed by atoms with Gasteiger partial charge in [-0.15, -0.1) is 0 Å². The Labute approximate surface area is 140 Å². The summed E-state index contributed by atoms with van der Waals surface area (Å²) in [6.45, 7) is 0.471. The second-order valence-corrected chi connectivity index (χ2v) is 5.02. The highest BCUT2D eigenvalue weighted by Crippen LogP contribution is 2.16. The van der Waals surface area contributed by atoms with Crippen molar-refractivity contribution in [1.82, 2.24) is 5.32 Å². The van der Waals surface area contributed by atoms with Gasteiger partial charge < -0.3 is 20.1 Å². The maximum absolute atomic E-state index is 12.0. The molecule has 0 fully saturated rings. The van der Waals surface area contributed by atoms with E-state index in [0.29, 0.717) is 24.2 Å². The third kappa shape index (κ3) is 4.74. The number of benzene rings is 2. The van der Waals surface area contributed by atoms with Crippen LogP contribution in [-0.2, 0) is 11.2 Å². The lowest BCUT2D eigenvalue weighted by Gasteiger charge is -2.11. The first-order valence-electron chi connectivity index (χ1n) is 7.49. The van der Waals surface area contributed by atoms with Crippen molar-refractivity contribution in [3.8, 4) is 5.75 Å². The molecule has 2 rings (SSSR count). The summed E-state index contributed by atoms with van der Waals surface area (Å²) in [6, 6.07) is 14.0. The molecule has 0 spiro atoms. The summed E-state index contributed by atoms with van der Waals surface area (Å²) in [5.41, 5.74) is 1.81. The second kappa shape index (κ2) is 8.57. The normalized spacial score (nSPS) is 9.92. The van der Waals surface area contributed by atoms with Crippen molar-refractivity contribution in [2.75, 3.05) is 26.1 Å². The smallest absolute Gasteiger partial charge is 0.339 e. The molecule has 2 amide bonds. The number of esters is 1. The molecule has 0 aliphatic rings. The molecule has 6 heteroatoms. The van der Waals surface area contributed by atoms with Crippen molar-refractivity contribution < 1.29 is 19.1 Å². The molecule has 2 aromatic rings. The third-order valence-corrected chi connectivity index (χ3v) is 3.44. The average molecular weight is 328 g/mol. The molecular formula is C18H20N2O4. The molecule has 126 valence electrons. The lowest BCUT2D eigenvalue weighted by molar-refractivity contribution is 0.0602. The second-order valence-electron chi connectivity index (χ2n) is 5.02. The van der Waals surface area contributed by atoms with Gasteiger partial charge in [0.25, 0.3) is 0 Å². The molecule has 0 heterocycles. The van der Waals surface area contributed by atoms with Gasteiger partial charge in [0.05, 0.1) is 25.5 Å². The summed E-state index contributed by atoms with van der Waals surface area (Å²) in [6.07, 6.45) is 0.691. The van der Waals surface area contributed by atoms with Gasteiger partial charge in [-0.05, 0) is 36.2 Å². The van der Waals surface area contributed by atoms with Crippen molar-refractivity contribution in [2.45, 2.75) is 6.42 Å². The first kappa shape index (κ1) is 17.3. The van der Waals surface area contributed by atoms with Crippen LogP contribution >= 0.6 is 0 Å². The Morgan fingerprint density at radius 2 is 1.71 bits per heavy atom. The van der Waals surface area contributed by atoms with Crippen molar-refractivity contribution >= 4 is 17.7 Å². The molecule has 0 aliphatic carbocycles. The van der Waals surface area contributed by atoms with Gasteiger partial charge in [-0.3, -0.25) is 0 Å². The summed E-state index contributed by atoms with van der Waals surface area (Å²) in [7, 11) is 2.92. The average Bonchev–Trinajstić information content (AvgIpc) is 2.62. The monoisotopic (exact) mass is 328 g/mol. The summed E-state index contributed by atoms with van der Waals surface area (Å²) < 4.78 is 9.80. The van der Waals surface area contributed by atoms with Crippen LogP contribution in [0.5, 0.6) is 5.75 Å². The fourth-order valence-electron chi connectivity index (χ4n) is 2.16. The van der Waals surface area contributed by atoms with Gasteiger partial charge in [0.1, 0.15) is 5.75 Å². The summed E-state index contributed by atoms with van der Waals surface area (Å²) in [5, 5.41) is 5.42. The number of amides is 2. The summed E-state index contributed by atoms with van der Waals surface area (Å²) >= 11 is 0. The van der Waals surface area contributed by atoms with E-state index >= 15 is 0 Å².